The van der Waals surface area contributed by atoms with Gasteiger partial charge in [-0.1, -0.05) is 12.2 Å². The molecule has 0 unspecified atom stereocenters. The standard InChI is InChI=1S/C9H14O3/c1-7(11)3-4-9(6-10)5-8(2)12/h3-5,8,10,12H,6H2,1-2H3/t8-/m1/s1. The van der Waals surface area contributed by atoms with E-state index in [0.29, 0.717) is 5.57 Å². The van der Waals surface area contributed by atoms with Gasteiger partial charge in [-0.05, 0) is 25.5 Å². The molecule has 0 aliphatic rings. The van der Waals surface area contributed by atoms with Gasteiger partial charge in [0.05, 0.1) is 12.7 Å². The summed E-state index contributed by atoms with van der Waals surface area (Å²) in [6, 6.07) is 0. The molecule has 0 aromatic heterocycles. The molecule has 1 atom stereocenters. The van der Waals surface area contributed by atoms with Crippen LogP contribution in [0, 0.1) is 0 Å². The minimum Gasteiger partial charge on any atom is -0.392 e. The molecule has 0 saturated heterocycles. The van der Waals surface area contributed by atoms with E-state index in [9.17, 15) is 4.79 Å². The minimum atomic E-state index is -0.608. The van der Waals surface area contributed by atoms with Gasteiger partial charge in [-0.15, -0.1) is 0 Å². The number of rotatable bonds is 4. The smallest absolute Gasteiger partial charge is 0.152 e. The summed E-state index contributed by atoms with van der Waals surface area (Å²) in [5, 5.41) is 17.7. The molecule has 0 saturated carbocycles. The summed E-state index contributed by atoms with van der Waals surface area (Å²) in [6.07, 6.45) is 3.72. The highest BCUT2D eigenvalue weighted by molar-refractivity contribution is 5.87. The number of carbonyl (C=O) groups excluding carboxylic acids is 1. The van der Waals surface area contributed by atoms with Crippen molar-refractivity contribution in [2.75, 3.05) is 6.61 Å². The molecule has 0 aliphatic carbocycles. The molecule has 0 aliphatic heterocycles. The zero-order chi connectivity index (χ0) is 9.56. The molecule has 0 aromatic carbocycles. The van der Waals surface area contributed by atoms with E-state index in [4.69, 9.17) is 10.2 Å². The monoisotopic (exact) mass is 170 g/mol. The van der Waals surface area contributed by atoms with E-state index in [0.717, 1.165) is 0 Å². The first-order chi connectivity index (χ1) is 5.56. The second-order valence-electron chi connectivity index (χ2n) is 2.58. The molecule has 0 rings (SSSR count). The maximum absolute atomic E-state index is 10.5. The van der Waals surface area contributed by atoms with Crippen LogP contribution in [-0.2, 0) is 4.79 Å². The Bertz CT molecular complexity index is 202. The van der Waals surface area contributed by atoms with Gasteiger partial charge in [0, 0.05) is 0 Å². The van der Waals surface area contributed by atoms with E-state index in [1.54, 1.807) is 6.92 Å². The quantitative estimate of drug-likeness (QED) is 0.475. The molecular formula is C9H14O3. The number of carbonyl (C=O) groups is 1. The van der Waals surface area contributed by atoms with Crippen LogP contribution < -0.4 is 0 Å². The summed E-state index contributed by atoms with van der Waals surface area (Å²) in [4.78, 5) is 10.5. The van der Waals surface area contributed by atoms with Gasteiger partial charge in [-0.2, -0.15) is 0 Å². The Morgan fingerprint density at radius 2 is 2.08 bits per heavy atom. The number of allylic oxidation sites excluding steroid dienone is 1. The van der Waals surface area contributed by atoms with Crippen LogP contribution in [0.25, 0.3) is 0 Å². The van der Waals surface area contributed by atoms with E-state index in [1.807, 2.05) is 0 Å². The molecule has 0 spiro atoms. The third kappa shape index (κ3) is 5.82. The van der Waals surface area contributed by atoms with Gasteiger partial charge in [0.2, 0.25) is 0 Å². The van der Waals surface area contributed by atoms with Crippen molar-refractivity contribution in [2.24, 2.45) is 0 Å². The number of ketones is 1. The normalized spacial score (nSPS) is 15.2. The lowest BCUT2D eigenvalue weighted by molar-refractivity contribution is -0.112. The topological polar surface area (TPSA) is 57.5 Å². The molecule has 0 fully saturated rings. The Labute approximate surface area is 72.0 Å². The highest BCUT2D eigenvalue weighted by atomic mass is 16.3. The van der Waals surface area contributed by atoms with Crippen LogP contribution >= 0.6 is 0 Å². The fourth-order valence-corrected chi connectivity index (χ4v) is 0.695. The molecule has 0 radical (unpaired) electrons. The van der Waals surface area contributed by atoms with Gasteiger partial charge >= 0.3 is 0 Å². The third-order valence-corrected chi connectivity index (χ3v) is 1.17. The summed E-state index contributed by atoms with van der Waals surface area (Å²) in [5.41, 5.74) is 0.542. The van der Waals surface area contributed by atoms with Crippen molar-refractivity contribution >= 4 is 5.78 Å². The van der Waals surface area contributed by atoms with Crippen LogP contribution in [0.15, 0.2) is 23.8 Å². The first-order valence-electron chi connectivity index (χ1n) is 3.74. The first kappa shape index (κ1) is 11.1. The average Bonchev–Trinajstić information content (AvgIpc) is 1.97. The Balaban J connectivity index is 4.27. The molecule has 0 amide bonds. The number of aliphatic hydroxyl groups is 2. The van der Waals surface area contributed by atoms with Crippen LogP contribution in [-0.4, -0.2) is 28.7 Å². The molecule has 0 heterocycles. The fraction of sp³-hybridized carbons (Fsp3) is 0.444. The van der Waals surface area contributed by atoms with Crippen molar-refractivity contribution in [2.45, 2.75) is 20.0 Å². The number of aliphatic hydroxyl groups excluding tert-OH is 2. The van der Waals surface area contributed by atoms with E-state index >= 15 is 0 Å². The van der Waals surface area contributed by atoms with Gasteiger partial charge in [0.1, 0.15) is 0 Å². The second-order valence-corrected chi connectivity index (χ2v) is 2.58. The predicted octanol–water partition coefficient (Wildman–Crippen LogP) is 0.431. The van der Waals surface area contributed by atoms with Crippen LogP contribution in [0.3, 0.4) is 0 Å². The minimum absolute atomic E-state index is 0.0834. The van der Waals surface area contributed by atoms with Crippen LogP contribution in [0.2, 0.25) is 0 Å². The lowest BCUT2D eigenvalue weighted by Gasteiger charge is -1.98. The second kappa shape index (κ2) is 5.69. The van der Waals surface area contributed by atoms with Crippen molar-refractivity contribution in [1.82, 2.24) is 0 Å². The highest BCUT2D eigenvalue weighted by Crippen LogP contribution is 1.98. The lowest BCUT2D eigenvalue weighted by atomic mass is 10.2. The Morgan fingerprint density at radius 3 is 2.42 bits per heavy atom. The van der Waals surface area contributed by atoms with E-state index in [2.05, 4.69) is 0 Å². The lowest BCUT2D eigenvalue weighted by Crippen LogP contribution is -1.98. The van der Waals surface area contributed by atoms with Crippen molar-refractivity contribution < 1.29 is 15.0 Å². The molecule has 0 bridgehead atoms. The molecule has 3 nitrogen and oxygen atoms in total. The fourth-order valence-electron chi connectivity index (χ4n) is 0.695. The zero-order valence-electron chi connectivity index (χ0n) is 7.32. The van der Waals surface area contributed by atoms with Gasteiger partial charge in [-0.3, -0.25) is 4.79 Å². The third-order valence-electron chi connectivity index (χ3n) is 1.17. The van der Waals surface area contributed by atoms with Gasteiger partial charge in [-0.25, -0.2) is 0 Å². The van der Waals surface area contributed by atoms with Gasteiger partial charge in [0.15, 0.2) is 5.78 Å². The Morgan fingerprint density at radius 1 is 1.50 bits per heavy atom. The molecule has 68 valence electrons. The molecule has 3 heteroatoms. The van der Waals surface area contributed by atoms with Crippen molar-refractivity contribution in [3.05, 3.63) is 23.8 Å². The molecule has 12 heavy (non-hydrogen) atoms. The molecule has 2 N–H and O–H groups in total. The summed E-state index contributed by atoms with van der Waals surface area (Å²) >= 11 is 0. The van der Waals surface area contributed by atoms with Crippen LogP contribution in [0.1, 0.15) is 13.8 Å². The average molecular weight is 170 g/mol. The first-order valence-corrected chi connectivity index (χ1v) is 3.74. The summed E-state index contributed by atoms with van der Waals surface area (Å²) in [5.74, 6) is -0.0834. The van der Waals surface area contributed by atoms with E-state index in [-0.39, 0.29) is 12.4 Å². The zero-order valence-corrected chi connectivity index (χ0v) is 7.32. The van der Waals surface area contributed by atoms with Crippen molar-refractivity contribution in [1.29, 1.82) is 0 Å². The van der Waals surface area contributed by atoms with Gasteiger partial charge < -0.3 is 10.2 Å². The van der Waals surface area contributed by atoms with Crippen LogP contribution in [0.5, 0.6) is 0 Å². The summed E-state index contributed by atoms with van der Waals surface area (Å²) in [7, 11) is 0. The maximum Gasteiger partial charge on any atom is 0.152 e. The molecular weight excluding hydrogens is 156 g/mol. The maximum atomic E-state index is 10.5. The summed E-state index contributed by atoms with van der Waals surface area (Å²) in [6.45, 7) is 2.83. The largest absolute Gasteiger partial charge is 0.392 e. The Kier molecular flexibility index (Phi) is 5.25. The Hall–Kier alpha value is -0.930. The summed E-state index contributed by atoms with van der Waals surface area (Å²) < 4.78 is 0. The van der Waals surface area contributed by atoms with Gasteiger partial charge in [0.25, 0.3) is 0 Å². The van der Waals surface area contributed by atoms with Crippen molar-refractivity contribution in [3.63, 3.8) is 0 Å². The highest BCUT2D eigenvalue weighted by Gasteiger charge is 1.93. The number of hydrogen-bond donors (Lipinski definition) is 2. The van der Waals surface area contributed by atoms with E-state index in [1.165, 1.54) is 25.2 Å². The SMILES string of the molecule is CC(=O)C=CC(=C[C@@H](C)O)CO. The van der Waals surface area contributed by atoms with E-state index < -0.39 is 6.10 Å². The van der Waals surface area contributed by atoms with Crippen molar-refractivity contribution in [3.8, 4) is 0 Å². The van der Waals surface area contributed by atoms with Crippen LogP contribution in [0.4, 0.5) is 0 Å². The molecule has 0 aromatic rings. The predicted molar refractivity (Wildman–Crippen MR) is 46.7 cm³/mol. The number of hydrogen-bond acceptors (Lipinski definition) is 3.